The van der Waals surface area contributed by atoms with Crippen molar-refractivity contribution in [1.82, 2.24) is 15.1 Å². The third-order valence-electron chi connectivity index (χ3n) is 2.61. The van der Waals surface area contributed by atoms with Crippen molar-refractivity contribution in [3.05, 3.63) is 48.4 Å². The van der Waals surface area contributed by atoms with Crippen LogP contribution in [0.3, 0.4) is 0 Å². The number of fused-ring (bicyclic) bond motifs is 1. The van der Waals surface area contributed by atoms with Crippen molar-refractivity contribution >= 4 is 22.7 Å². The van der Waals surface area contributed by atoms with Gasteiger partial charge in [-0.25, -0.2) is 9.97 Å². The van der Waals surface area contributed by atoms with Gasteiger partial charge in [-0.3, -0.25) is 0 Å². The molecule has 2 aromatic heterocycles. The highest BCUT2D eigenvalue weighted by atomic mass is 32.2. The standard InChI is InChI=1S/C13H11N3OS/c1-9(18-13-14-7-4-8-15-13)12-10-5-2-3-6-11(10)17-16-12/h2-9H,1H3/t9-/m1/s1. The summed E-state index contributed by atoms with van der Waals surface area (Å²) in [5.41, 5.74) is 1.75. The summed E-state index contributed by atoms with van der Waals surface area (Å²) in [5.74, 6) is 0. The van der Waals surface area contributed by atoms with Crippen LogP contribution in [0, 0.1) is 0 Å². The van der Waals surface area contributed by atoms with Crippen molar-refractivity contribution in [3.63, 3.8) is 0 Å². The molecular weight excluding hydrogens is 246 g/mol. The lowest BCUT2D eigenvalue weighted by atomic mass is 10.2. The largest absolute Gasteiger partial charge is 0.356 e. The number of hydrogen-bond acceptors (Lipinski definition) is 5. The molecule has 90 valence electrons. The zero-order chi connectivity index (χ0) is 12.4. The first kappa shape index (κ1) is 11.2. The molecule has 0 N–H and O–H groups in total. The minimum absolute atomic E-state index is 0.149. The molecule has 18 heavy (non-hydrogen) atoms. The van der Waals surface area contributed by atoms with Gasteiger partial charge in [0.1, 0.15) is 5.69 Å². The van der Waals surface area contributed by atoms with Gasteiger partial charge < -0.3 is 4.52 Å². The predicted molar refractivity (Wildman–Crippen MR) is 70.3 cm³/mol. The molecule has 0 aliphatic rings. The average Bonchev–Trinajstić information content (AvgIpc) is 2.84. The van der Waals surface area contributed by atoms with Crippen molar-refractivity contribution in [2.24, 2.45) is 0 Å². The van der Waals surface area contributed by atoms with Crippen molar-refractivity contribution in [2.45, 2.75) is 17.3 Å². The third-order valence-corrected chi connectivity index (χ3v) is 3.61. The van der Waals surface area contributed by atoms with Crippen LogP contribution in [0.25, 0.3) is 11.0 Å². The van der Waals surface area contributed by atoms with Crippen LogP contribution in [0.1, 0.15) is 17.9 Å². The van der Waals surface area contributed by atoms with E-state index in [1.165, 1.54) is 0 Å². The molecule has 0 bridgehead atoms. The molecule has 2 heterocycles. The molecule has 0 saturated heterocycles. The van der Waals surface area contributed by atoms with Crippen molar-refractivity contribution in [3.8, 4) is 0 Å². The first-order valence-corrected chi connectivity index (χ1v) is 6.50. The Bertz CT molecular complexity index is 653. The Labute approximate surface area is 108 Å². The fraction of sp³-hybridized carbons (Fsp3) is 0.154. The zero-order valence-corrected chi connectivity index (χ0v) is 10.6. The Kier molecular flexibility index (Phi) is 2.98. The molecule has 0 aliphatic heterocycles. The van der Waals surface area contributed by atoms with Gasteiger partial charge in [0, 0.05) is 17.8 Å². The molecule has 3 rings (SSSR count). The molecule has 0 amide bonds. The number of benzene rings is 1. The lowest BCUT2D eigenvalue weighted by Gasteiger charge is -2.06. The second-order valence-electron chi connectivity index (χ2n) is 3.86. The summed E-state index contributed by atoms with van der Waals surface area (Å²) in [7, 11) is 0. The van der Waals surface area contributed by atoms with Crippen molar-refractivity contribution in [1.29, 1.82) is 0 Å². The first-order chi connectivity index (χ1) is 8.84. The minimum Gasteiger partial charge on any atom is -0.356 e. The third kappa shape index (κ3) is 2.09. The van der Waals surface area contributed by atoms with Crippen LogP contribution < -0.4 is 0 Å². The highest BCUT2D eigenvalue weighted by molar-refractivity contribution is 7.99. The molecule has 0 fully saturated rings. The lowest BCUT2D eigenvalue weighted by Crippen LogP contribution is -1.92. The van der Waals surface area contributed by atoms with Gasteiger partial charge in [-0.05, 0) is 25.1 Å². The van der Waals surface area contributed by atoms with Gasteiger partial charge in [-0.15, -0.1) is 0 Å². The van der Waals surface area contributed by atoms with E-state index < -0.39 is 0 Å². The van der Waals surface area contributed by atoms with E-state index in [9.17, 15) is 0 Å². The number of thioether (sulfide) groups is 1. The Morgan fingerprint density at radius 2 is 1.89 bits per heavy atom. The van der Waals surface area contributed by atoms with Crippen molar-refractivity contribution < 1.29 is 4.52 Å². The summed E-state index contributed by atoms with van der Waals surface area (Å²) in [4.78, 5) is 8.40. The lowest BCUT2D eigenvalue weighted by molar-refractivity contribution is 0.446. The monoisotopic (exact) mass is 257 g/mol. The normalized spacial score (nSPS) is 12.7. The Balaban J connectivity index is 1.90. The summed E-state index contributed by atoms with van der Waals surface area (Å²) in [6.45, 7) is 2.07. The van der Waals surface area contributed by atoms with E-state index in [4.69, 9.17) is 4.52 Å². The molecule has 0 radical (unpaired) electrons. The van der Waals surface area contributed by atoms with E-state index in [0.717, 1.165) is 21.8 Å². The van der Waals surface area contributed by atoms with Gasteiger partial charge in [0.25, 0.3) is 0 Å². The van der Waals surface area contributed by atoms with Crippen LogP contribution in [0.5, 0.6) is 0 Å². The molecule has 0 saturated carbocycles. The van der Waals surface area contributed by atoms with Gasteiger partial charge in [-0.1, -0.05) is 29.1 Å². The van der Waals surface area contributed by atoms with E-state index in [1.54, 1.807) is 30.2 Å². The van der Waals surface area contributed by atoms with E-state index in [2.05, 4.69) is 22.0 Å². The van der Waals surface area contributed by atoms with Crippen LogP contribution in [-0.4, -0.2) is 15.1 Å². The zero-order valence-electron chi connectivity index (χ0n) is 9.78. The van der Waals surface area contributed by atoms with Crippen LogP contribution in [0.15, 0.2) is 52.4 Å². The predicted octanol–water partition coefficient (Wildman–Crippen LogP) is 3.47. The molecule has 3 aromatic rings. The highest BCUT2D eigenvalue weighted by Crippen LogP contribution is 2.35. The summed E-state index contributed by atoms with van der Waals surface area (Å²) < 4.78 is 5.30. The summed E-state index contributed by atoms with van der Waals surface area (Å²) in [6.07, 6.45) is 3.48. The Morgan fingerprint density at radius 1 is 1.11 bits per heavy atom. The topological polar surface area (TPSA) is 51.8 Å². The van der Waals surface area contributed by atoms with E-state index in [1.807, 2.05) is 24.3 Å². The van der Waals surface area contributed by atoms with Crippen LogP contribution in [0.2, 0.25) is 0 Å². The van der Waals surface area contributed by atoms with Gasteiger partial charge >= 0.3 is 0 Å². The fourth-order valence-corrected chi connectivity index (χ4v) is 2.60. The Morgan fingerprint density at radius 3 is 2.72 bits per heavy atom. The second-order valence-corrected chi connectivity index (χ2v) is 5.16. The van der Waals surface area contributed by atoms with Crippen LogP contribution in [0.4, 0.5) is 0 Å². The molecule has 1 aromatic carbocycles. The molecule has 0 aliphatic carbocycles. The molecule has 0 spiro atoms. The molecule has 1 atom stereocenters. The van der Waals surface area contributed by atoms with E-state index in [-0.39, 0.29) is 5.25 Å². The molecular formula is C13H11N3OS. The smallest absolute Gasteiger partial charge is 0.188 e. The van der Waals surface area contributed by atoms with Gasteiger partial charge in [-0.2, -0.15) is 0 Å². The number of para-hydroxylation sites is 1. The summed E-state index contributed by atoms with van der Waals surface area (Å²) >= 11 is 1.57. The average molecular weight is 257 g/mol. The quantitative estimate of drug-likeness (QED) is 0.531. The van der Waals surface area contributed by atoms with Gasteiger partial charge in [0.2, 0.25) is 0 Å². The van der Waals surface area contributed by atoms with Gasteiger partial charge in [0.05, 0.1) is 5.25 Å². The molecule has 5 heteroatoms. The van der Waals surface area contributed by atoms with E-state index >= 15 is 0 Å². The van der Waals surface area contributed by atoms with Crippen LogP contribution in [-0.2, 0) is 0 Å². The second kappa shape index (κ2) is 4.78. The minimum atomic E-state index is 0.149. The fourth-order valence-electron chi connectivity index (χ4n) is 1.76. The van der Waals surface area contributed by atoms with Crippen molar-refractivity contribution in [2.75, 3.05) is 0 Å². The maximum Gasteiger partial charge on any atom is 0.188 e. The Hall–Kier alpha value is -1.88. The van der Waals surface area contributed by atoms with Gasteiger partial charge in [0.15, 0.2) is 10.7 Å². The number of hydrogen-bond donors (Lipinski definition) is 0. The molecule has 4 nitrogen and oxygen atoms in total. The maximum atomic E-state index is 5.30. The summed E-state index contributed by atoms with van der Waals surface area (Å²) in [6, 6.07) is 9.67. The summed E-state index contributed by atoms with van der Waals surface area (Å²) in [5, 5.41) is 6.09. The first-order valence-electron chi connectivity index (χ1n) is 5.62. The number of nitrogens with zero attached hydrogens (tertiary/aromatic N) is 3. The van der Waals surface area contributed by atoms with E-state index in [0.29, 0.717) is 0 Å². The van der Waals surface area contributed by atoms with Crippen LogP contribution >= 0.6 is 11.8 Å². The SMILES string of the molecule is C[C@@H](Sc1ncccn1)c1noc2ccccc12. The molecule has 0 unspecified atom stereocenters. The number of rotatable bonds is 3. The highest BCUT2D eigenvalue weighted by Gasteiger charge is 2.16. The number of aromatic nitrogens is 3. The maximum absolute atomic E-state index is 5.30.